The van der Waals surface area contributed by atoms with Gasteiger partial charge in [0.25, 0.3) is 5.56 Å². The Balaban J connectivity index is 2.31. The van der Waals surface area contributed by atoms with Crippen LogP contribution in [0.3, 0.4) is 0 Å². The van der Waals surface area contributed by atoms with Crippen molar-refractivity contribution in [3.63, 3.8) is 0 Å². The van der Waals surface area contributed by atoms with Crippen molar-refractivity contribution in [1.82, 2.24) is 4.57 Å². The summed E-state index contributed by atoms with van der Waals surface area (Å²) in [5.41, 5.74) is 5.44. The smallest absolute Gasteiger partial charge is 0.389 e. The predicted molar refractivity (Wildman–Crippen MR) is 77.1 cm³/mol. The largest absolute Gasteiger partial charge is 0.417 e. The number of pyridine rings is 1. The number of alkyl halides is 3. The Labute approximate surface area is 123 Å². The second kappa shape index (κ2) is 5.69. The van der Waals surface area contributed by atoms with Crippen LogP contribution in [-0.4, -0.2) is 9.56 Å². The Bertz CT molecular complexity index is 720. The topological polar surface area (TPSA) is 48.0 Å². The van der Waals surface area contributed by atoms with Crippen molar-refractivity contribution in [3.8, 4) is 0 Å². The maximum Gasteiger partial charge on any atom is 0.417 e. The first kappa shape index (κ1) is 15.2. The number of benzene rings is 1. The van der Waals surface area contributed by atoms with Gasteiger partial charge in [-0.2, -0.15) is 13.2 Å². The van der Waals surface area contributed by atoms with Gasteiger partial charge in [-0.3, -0.25) is 4.79 Å². The second-order valence-corrected chi connectivity index (χ2v) is 4.88. The lowest BCUT2D eigenvalue weighted by molar-refractivity contribution is -0.138. The highest BCUT2D eigenvalue weighted by atomic mass is 32.1. The molecule has 0 saturated heterocycles. The molecule has 2 N–H and O–H groups in total. The van der Waals surface area contributed by atoms with E-state index in [9.17, 15) is 18.0 Å². The van der Waals surface area contributed by atoms with Crippen LogP contribution in [-0.2, 0) is 12.7 Å². The highest BCUT2D eigenvalue weighted by Gasteiger charge is 2.30. The van der Waals surface area contributed by atoms with E-state index in [1.165, 1.54) is 0 Å². The van der Waals surface area contributed by atoms with Crippen LogP contribution in [0, 0.1) is 0 Å². The van der Waals surface area contributed by atoms with Gasteiger partial charge < -0.3 is 10.3 Å². The highest BCUT2D eigenvalue weighted by Crippen LogP contribution is 2.28. The van der Waals surface area contributed by atoms with E-state index in [1.54, 1.807) is 24.3 Å². The molecule has 0 aliphatic heterocycles. The number of nitrogens with zero attached hydrogens (tertiary/aromatic N) is 1. The molecule has 0 fully saturated rings. The molecule has 3 nitrogen and oxygen atoms in total. The lowest BCUT2D eigenvalue weighted by Crippen LogP contribution is -2.22. The van der Waals surface area contributed by atoms with Crippen LogP contribution in [0.2, 0.25) is 0 Å². The number of aromatic nitrogens is 1. The summed E-state index contributed by atoms with van der Waals surface area (Å²) >= 11 is 4.81. The summed E-state index contributed by atoms with van der Waals surface area (Å²) in [4.78, 5) is 11.9. The molecule has 0 spiro atoms. The van der Waals surface area contributed by atoms with Crippen molar-refractivity contribution in [2.75, 3.05) is 0 Å². The zero-order chi connectivity index (χ0) is 15.6. The van der Waals surface area contributed by atoms with E-state index in [0.29, 0.717) is 11.1 Å². The third kappa shape index (κ3) is 3.69. The van der Waals surface area contributed by atoms with Gasteiger partial charge in [-0.25, -0.2) is 0 Å². The summed E-state index contributed by atoms with van der Waals surface area (Å²) in [5, 5.41) is 0. The van der Waals surface area contributed by atoms with Gasteiger partial charge in [0, 0.05) is 17.8 Å². The summed E-state index contributed by atoms with van der Waals surface area (Å²) in [6, 6.07) is 8.34. The van der Waals surface area contributed by atoms with Gasteiger partial charge in [0.2, 0.25) is 0 Å². The first-order chi connectivity index (χ1) is 9.77. The fourth-order valence-corrected chi connectivity index (χ4v) is 1.93. The standard InChI is InChI=1S/C14H11F3N2OS/c15-14(16,17)11-5-6-12(20)19(8-11)7-9-1-3-10(4-2-9)13(18)21/h1-6,8H,7H2,(H2,18,21). The molecule has 1 heterocycles. The minimum Gasteiger partial charge on any atom is -0.389 e. The first-order valence-electron chi connectivity index (χ1n) is 5.94. The van der Waals surface area contributed by atoms with Gasteiger partial charge in [0.15, 0.2) is 0 Å². The predicted octanol–water partition coefficient (Wildman–Crippen LogP) is 2.55. The van der Waals surface area contributed by atoms with Crippen molar-refractivity contribution < 1.29 is 13.2 Å². The fourth-order valence-electron chi connectivity index (χ4n) is 1.79. The van der Waals surface area contributed by atoms with Crippen LogP contribution in [0.4, 0.5) is 13.2 Å². The minimum atomic E-state index is -4.48. The molecule has 0 saturated carbocycles. The molecule has 21 heavy (non-hydrogen) atoms. The summed E-state index contributed by atoms with van der Waals surface area (Å²) < 4.78 is 38.9. The fraction of sp³-hybridized carbons (Fsp3) is 0.143. The van der Waals surface area contributed by atoms with Gasteiger partial charge in [-0.15, -0.1) is 0 Å². The monoisotopic (exact) mass is 312 g/mol. The van der Waals surface area contributed by atoms with Crippen molar-refractivity contribution in [2.24, 2.45) is 5.73 Å². The van der Waals surface area contributed by atoms with E-state index in [0.717, 1.165) is 22.9 Å². The molecule has 110 valence electrons. The van der Waals surface area contributed by atoms with Gasteiger partial charge in [-0.05, 0) is 11.6 Å². The van der Waals surface area contributed by atoms with Crippen molar-refractivity contribution >= 4 is 17.2 Å². The average molecular weight is 312 g/mol. The third-order valence-corrected chi connectivity index (χ3v) is 3.14. The Morgan fingerprint density at radius 2 is 1.76 bits per heavy atom. The molecule has 0 aliphatic carbocycles. The van der Waals surface area contributed by atoms with Crippen LogP contribution >= 0.6 is 12.2 Å². The number of hydrogen-bond acceptors (Lipinski definition) is 2. The van der Waals surface area contributed by atoms with E-state index >= 15 is 0 Å². The average Bonchev–Trinajstić information content (AvgIpc) is 2.40. The summed E-state index contributed by atoms with van der Waals surface area (Å²) in [6.45, 7) is 0.0420. The normalized spacial score (nSPS) is 11.4. The zero-order valence-electron chi connectivity index (χ0n) is 10.7. The van der Waals surface area contributed by atoms with Crippen LogP contribution in [0.5, 0.6) is 0 Å². The second-order valence-electron chi connectivity index (χ2n) is 4.44. The van der Waals surface area contributed by atoms with E-state index in [1.807, 2.05) is 0 Å². The Hall–Kier alpha value is -2.15. The van der Waals surface area contributed by atoms with Crippen LogP contribution in [0.15, 0.2) is 47.4 Å². The third-order valence-electron chi connectivity index (χ3n) is 2.90. The lowest BCUT2D eigenvalue weighted by Gasteiger charge is -2.11. The minimum absolute atomic E-state index is 0.0420. The summed E-state index contributed by atoms with van der Waals surface area (Å²) in [5.74, 6) is 0. The molecule has 0 atom stereocenters. The van der Waals surface area contributed by atoms with Gasteiger partial charge in [0.1, 0.15) is 4.99 Å². The SMILES string of the molecule is NC(=S)c1ccc(Cn2cc(C(F)(F)F)ccc2=O)cc1. The van der Waals surface area contributed by atoms with Gasteiger partial charge in [0.05, 0.1) is 12.1 Å². The van der Waals surface area contributed by atoms with Crippen molar-refractivity contribution in [3.05, 3.63) is 69.6 Å². The molecular formula is C14H11F3N2OS. The molecule has 2 aromatic rings. The first-order valence-corrected chi connectivity index (χ1v) is 6.34. The van der Waals surface area contributed by atoms with Crippen LogP contribution in [0.1, 0.15) is 16.7 Å². The van der Waals surface area contributed by atoms with Crippen molar-refractivity contribution in [1.29, 1.82) is 0 Å². The Morgan fingerprint density at radius 3 is 2.29 bits per heavy atom. The zero-order valence-corrected chi connectivity index (χ0v) is 11.5. The Kier molecular flexibility index (Phi) is 4.13. The number of rotatable bonds is 3. The number of thiocarbonyl (C=S) groups is 1. The maximum absolute atomic E-state index is 12.6. The quantitative estimate of drug-likeness (QED) is 0.886. The molecule has 1 aromatic carbocycles. The highest BCUT2D eigenvalue weighted by molar-refractivity contribution is 7.80. The molecule has 2 rings (SSSR count). The lowest BCUT2D eigenvalue weighted by atomic mass is 10.1. The van der Waals surface area contributed by atoms with Crippen LogP contribution < -0.4 is 11.3 Å². The van der Waals surface area contributed by atoms with Crippen LogP contribution in [0.25, 0.3) is 0 Å². The molecule has 7 heteroatoms. The number of hydrogen-bond donors (Lipinski definition) is 1. The summed E-state index contributed by atoms with van der Waals surface area (Å²) in [6.07, 6.45) is -3.67. The van der Waals surface area contributed by atoms with E-state index < -0.39 is 17.3 Å². The maximum atomic E-state index is 12.6. The molecule has 0 amide bonds. The molecule has 0 bridgehead atoms. The molecule has 1 aromatic heterocycles. The molecular weight excluding hydrogens is 301 g/mol. The van der Waals surface area contributed by atoms with E-state index in [4.69, 9.17) is 18.0 Å². The number of nitrogens with two attached hydrogens (primary N) is 1. The molecule has 0 aliphatic rings. The van der Waals surface area contributed by atoms with Gasteiger partial charge in [-0.1, -0.05) is 36.5 Å². The Morgan fingerprint density at radius 1 is 1.14 bits per heavy atom. The van der Waals surface area contributed by atoms with E-state index in [-0.39, 0.29) is 11.5 Å². The van der Waals surface area contributed by atoms with Gasteiger partial charge >= 0.3 is 6.18 Å². The molecule has 0 radical (unpaired) electrons. The van der Waals surface area contributed by atoms with E-state index in [2.05, 4.69) is 0 Å². The van der Waals surface area contributed by atoms with Crippen molar-refractivity contribution in [2.45, 2.75) is 12.7 Å². The summed E-state index contributed by atoms with van der Waals surface area (Å²) in [7, 11) is 0. The number of halogens is 3. The molecule has 0 unspecified atom stereocenters.